The number of nitrogens with one attached hydrogen (secondary N) is 1. The fourth-order valence-corrected chi connectivity index (χ4v) is 2.14. The number of nitrogens with zero attached hydrogens (tertiary/aromatic N) is 1. The lowest BCUT2D eigenvalue weighted by atomic mass is 10.1. The fourth-order valence-electron chi connectivity index (χ4n) is 2.14. The average Bonchev–Trinajstić information content (AvgIpc) is 2.84. The van der Waals surface area contributed by atoms with E-state index in [1.807, 2.05) is 31.2 Å². The van der Waals surface area contributed by atoms with Crippen LogP contribution >= 0.6 is 0 Å². The highest BCUT2D eigenvalue weighted by Gasteiger charge is 2.18. The number of aliphatic hydroxyl groups excluding tert-OH is 1. The summed E-state index contributed by atoms with van der Waals surface area (Å²) in [4.78, 5) is 7.41. The maximum Gasteiger partial charge on any atom is 0.141 e. The summed E-state index contributed by atoms with van der Waals surface area (Å²) < 4.78 is 0. The van der Waals surface area contributed by atoms with Crippen LogP contribution in [0.5, 0.6) is 5.75 Å². The van der Waals surface area contributed by atoms with E-state index in [4.69, 9.17) is 0 Å². The fraction of sp³-hybridized carbons (Fsp3) is 0.133. The van der Waals surface area contributed by atoms with Gasteiger partial charge in [0.1, 0.15) is 17.7 Å². The van der Waals surface area contributed by atoms with Crippen molar-refractivity contribution in [2.24, 2.45) is 0 Å². The summed E-state index contributed by atoms with van der Waals surface area (Å²) in [5.74, 6) is 0.501. The molecule has 1 aromatic heterocycles. The van der Waals surface area contributed by atoms with Crippen LogP contribution < -0.4 is 0 Å². The van der Waals surface area contributed by atoms with E-state index >= 15 is 0 Å². The third kappa shape index (κ3) is 2.06. The minimum atomic E-state index is -0.965. The van der Waals surface area contributed by atoms with Gasteiger partial charge in [-0.2, -0.15) is 0 Å². The van der Waals surface area contributed by atoms with Crippen molar-refractivity contribution in [2.75, 3.05) is 0 Å². The van der Waals surface area contributed by atoms with Crippen LogP contribution in [0, 0.1) is 6.92 Å². The standard InChI is InChI=1S/C15H14N2O2/c1-9-6-7-13(18)10(8-9)14(19)15-16-11-4-2-3-5-12(11)17-15/h2-8,14,18-19H,1H3,(H,16,17). The van der Waals surface area contributed by atoms with Crippen LogP contribution in [-0.4, -0.2) is 20.2 Å². The van der Waals surface area contributed by atoms with Crippen LogP contribution in [0.15, 0.2) is 42.5 Å². The maximum absolute atomic E-state index is 10.3. The molecule has 0 aliphatic heterocycles. The molecule has 3 aromatic rings. The number of aryl methyl sites for hydroxylation is 1. The van der Waals surface area contributed by atoms with Crippen molar-refractivity contribution >= 4 is 11.0 Å². The molecule has 0 amide bonds. The maximum atomic E-state index is 10.3. The van der Waals surface area contributed by atoms with Gasteiger partial charge in [0, 0.05) is 5.56 Å². The summed E-state index contributed by atoms with van der Waals surface area (Å²) in [6.45, 7) is 1.91. The lowest BCUT2D eigenvalue weighted by Crippen LogP contribution is -2.02. The number of aromatic amines is 1. The summed E-state index contributed by atoms with van der Waals surface area (Å²) in [5.41, 5.74) is 3.09. The molecule has 0 fully saturated rings. The van der Waals surface area contributed by atoms with Crippen LogP contribution in [0.3, 0.4) is 0 Å². The van der Waals surface area contributed by atoms with Crippen LogP contribution in [0.25, 0.3) is 11.0 Å². The Labute approximate surface area is 110 Å². The van der Waals surface area contributed by atoms with Gasteiger partial charge >= 0.3 is 0 Å². The van der Waals surface area contributed by atoms with E-state index in [1.54, 1.807) is 18.2 Å². The summed E-state index contributed by atoms with van der Waals surface area (Å²) >= 11 is 0. The second-order valence-electron chi connectivity index (χ2n) is 4.60. The first-order chi connectivity index (χ1) is 9.15. The Morgan fingerprint density at radius 2 is 1.95 bits per heavy atom. The van der Waals surface area contributed by atoms with Crippen molar-refractivity contribution in [1.29, 1.82) is 0 Å². The van der Waals surface area contributed by atoms with Gasteiger partial charge in [0.25, 0.3) is 0 Å². The molecule has 0 aliphatic rings. The van der Waals surface area contributed by atoms with E-state index in [0.29, 0.717) is 11.4 Å². The van der Waals surface area contributed by atoms with Gasteiger partial charge in [-0.1, -0.05) is 23.8 Å². The molecule has 4 heteroatoms. The lowest BCUT2D eigenvalue weighted by Gasteiger charge is -2.10. The lowest BCUT2D eigenvalue weighted by molar-refractivity contribution is 0.207. The van der Waals surface area contributed by atoms with Gasteiger partial charge in [-0.3, -0.25) is 0 Å². The quantitative estimate of drug-likeness (QED) is 0.658. The van der Waals surface area contributed by atoms with Crippen LogP contribution in [0.1, 0.15) is 23.1 Å². The molecular weight excluding hydrogens is 240 g/mol. The normalized spacial score (nSPS) is 12.7. The van der Waals surface area contributed by atoms with Crippen molar-refractivity contribution in [1.82, 2.24) is 9.97 Å². The van der Waals surface area contributed by atoms with Gasteiger partial charge in [0.05, 0.1) is 11.0 Å². The molecule has 0 aliphatic carbocycles. The molecule has 1 atom stereocenters. The zero-order chi connectivity index (χ0) is 13.4. The van der Waals surface area contributed by atoms with Gasteiger partial charge in [0.2, 0.25) is 0 Å². The Kier molecular flexibility index (Phi) is 2.72. The van der Waals surface area contributed by atoms with E-state index in [1.165, 1.54) is 0 Å². The average molecular weight is 254 g/mol. The summed E-state index contributed by atoms with van der Waals surface area (Å²) in [6.07, 6.45) is -0.965. The van der Waals surface area contributed by atoms with Crippen molar-refractivity contribution < 1.29 is 10.2 Å². The Hall–Kier alpha value is -2.33. The molecule has 0 radical (unpaired) electrons. The highest BCUT2D eigenvalue weighted by atomic mass is 16.3. The van der Waals surface area contributed by atoms with Crippen LogP contribution in [-0.2, 0) is 0 Å². The molecule has 19 heavy (non-hydrogen) atoms. The largest absolute Gasteiger partial charge is 0.508 e. The molecule has 0 spiro atoms. The second kappa shape index (κ2) is 4.40. The monoisotopic (exact) mass is 254 g/mol. The predicted molar refractivity (Wildman–Crippen MR) is 73.0 cm³/mol. The first kappa shape index (κ1) is 11.7. The number of fused-ring (bicyclic) bond motifs is 1. The molecule has 2 aromatic carbocycles. The van der Waals surface area contributed by atoms with Crippen LogP contribution in [0.2, 0.25) is 0 Å². The highest BCUT2D eigenvalue weighted by molar-refractivity contribution is 5.74. The number of aliphatic hydroxyl groups is 1. The summed E-state index contributed by atoms with van der Waals surface area (Å²) in [5, 5.41) is 20.2. The molecule has 4 nitrogen and oxygen atoms in total. The molecule has 3 rings (SSSR count). The van der Waals surface area contributed by atoms with Gasteiger partial charge in [-0.15, -0.1) is 0 Å². The number of H-pyrrole nitrogens is 1. The van der Waals surface area contributed by atoms with E-state index in [-0.39, 0.29) is 5.75 Å². The Morgan fingerprint density at radius 1 is 1.16 bits per heavy atom. The number of aromatic nitrogens is 2. The second-order valence-corrected chi connectivity index (χ2v) is 4.60. The predicted octanol–water partition coefficient (Wildman–Crippen LogP) is 2.66. The van der Waals surface area contributed by atoms with E-state index in [2.05, 4.69) is 9.97 Å². The number of para-hydroxylation sites is 2. The van der Waals surface area contributed by atoms with E-state index in [9.17, 15) is 10.2 Å². The first-order valence-electron chi connectivity index (χ1n) is 6.07. The molecule has 3 N–H and O–H groups in total. The molecule has 96 valence electrons. The Balaban J connectivity index is 2.07. The van der Waals surface area contributed by atoms with Gasteiger partial charge in [-0.05, 0) is 31.2 Å². The number of benzene rings is 2. The third-order valence-corrected chi connectivity index (χ3v) is 3.14. The molecule has 1 heterocycles. The van der Waals surface area contributed by atoms with E-state index in [0.717, 1.165) is 16.6 Å². The minimum absolute atomic E-state index is 0.0681. The van der Waals surface area contributed by atoms with Crippen molar-refractivity contribution in [3.63, 3.8) is 0 Å². The topological polar surface area (TPSA) is 69.1 Å². The highest BCUT2D eigenvalue weighted by Crippen LogP contribution is 2.29. The molecule has 0 saturated heterocycles. The van der Waals surface area contributed by atoms with Gasteiger partial charge < -0.3 is 15.2 Å². The summed E-state index contributed by atoms with van der Waals surface area (Å²) in [6, 6.07) is 12.7. The van der Waals surface area contributed by atoms with Gasteiger partial charge in [-0.25, -0.2) is 4.98 Å². The molecular formula is C15H14N2O2. The third-order valence-electron chi connectivity index (χ3n) is 3.14. The smallest absolute Gasteiger partial charge is 0.141 e. The number of phenols is 1. The van der Waals surface area contributed by atoms with Crippen molar-refractivity contribution in [3.8, 4) is 5.75 Å². The number of hydrogen-bond acceptors (Lipinski definition) is 3. The molecule has 0 bridgehead atoms. The summed E-state index contributed by atoms with van der Waals surface area (Å²) in [7, 11) is 0. The number of rotatable bonds is 2. The van der Waals surface area contributed by atoms with Gasteiger partial charge in [0.15, 0.2) is 0 Å². The zero-order valence-corrected chi connectivity index (χ0v) is 10.5. The number of aromatic hydroxyl groups is 1. The Bertz CT molecular complexity index is 701. The number of phenolic OH excluding ortho intramolecular Hbond substituents is 1. The van der Waals surface area contributed by atoms with Crippen molar-refractivity contribution in [2.45, 2.75) is 13.0 Å². The SMILES string of the molecule is Cc1ccc(O)c(C(O)c2nc3ccccc3[nH]2)c1. The minimum Gasteiger partial charge on any atom is -0.508 e. The first-order valence-corrected chi connectivity index (χ1v) is 6.07. The molecule has 0 saturated carbocycles. The number of hydrogen-bond donors (Lipinski definition) is 3. The van der Waals surface area contributed by atoms with Crippen LogP contribution in [0.4, 0.5) is 0 Å². The van der Waals surface area contributed by atoms with Crippen molar-refractivity contribution in [3.05, 3.63) is 59.4 Å². The van der Waals surface area contributed by atoms with E-state index < -0.39 is 6.10 Å². The zero-order valence-electron chi connectivity index (χ0n) is 10.5. The Morgan fingerprint density at radius 3 is 2.74 bits per heavy atom. The number of imidazole rings is 1. The molecule has 1 unspecified atom stereocenters.